The molecule has 0 spiro atoms. The Morgan fingerprint density at radius 2 is 2.25 bits per heavy atom. The Balaban J connectivity index is 1.55. The van der Waals surface area contributed by atoms with E-state index in [1.54, 1.807) is 13.4 Å². The van der Waals surface area contributed by atoms with Gasteiger partial charge in [-0.1, -0.05) is 23.0 Å². The topological polar surface area (TPSA) is 78.9 Å². The number of rotatable bonds is 6. The minimum atomic E-state index is -0.00134. The molecule has 24 heavy (non-hydrogen) atoms. The van der Waals surface area contributed by atoms with E-state index < -0.39 is 0 Å². The van der Waals surface area contributed by atoms with Crippen LogP contribution in [0.15, 0.2) is 40.3 Å². The molecule has 3 aromatic rings. The first kappa shape index (κ1) is 15.2. The summed E-state index contributed by atoms with van der Waals surface area (Å²) in [5.74, 6) is 2.73. The molecule has 1 atom stereocenters. The van der Waals surface area contributed by atoms with Gasteiger partial charge < -0.3 is 9.26 Å². The molecular formula is C16H17N5O2S. The fourth-order valence-electron chi connectivity index (χ4n) is 2.37. The van der Waals surface area contributed by atoms with E-state index in [4.69, 9.17) is 9.26 Å². The molecule has 0 unspecified atom stereocenters. The maximum atomic E-state index is 5.40. The number of ether oxygens (including phenoxy) is 1. The molecule has 124 valence electrons. The number of nitrogens with zero attached hydrogens (tertiary/aromatic N) is 5. The highest BCUT2D eigenvalue weighted by molar-refractivity contribution is 7.99. The van der Waals surface area contributed by atoms with Crippen LogP contribution in [0.5, 0.6) is 5.75 Å². The monoisotopic (exact) mass is 343 g/mol. The van der Waals surface area contributed by atoms with E-state index in [0.717, 1.165) is 35.3 Å². The van der Waals surface area contributed by atoms with Crippen LogP contribution in [-0.4, -0.2) is 32.0 Å². The molecule has 0 saturated heterocycles. The number of aromatic nitrogens is 5. The summed E-state index contributed by atoms with van der Waals surface area (Å²) in [6.45, 7) is 2.03. The quantitative estimate of drug-likeness (QED) is 0.635. The highest BCUT2D eigenvalue weighted by atomic mass is 32.2. The van der Waals surface area contributed by atoms with E-state index >= 15 is 0 Å². The summed E-state index contributed by atoms with van der Waals surface area (Å²) in [6.07, 6.45) is 4.00. The summed E-state index contributed by atoms with van der Waals surface area (Å²) < 4.78 is 12.6. The van der Waals surface area contributed by atoms with Crippen LogP contribution in [0, 0.1) is 0 Å². The molecule has 0 radical (unpaired) electrons. The lowest BCUT2D eigenvalue weighted by Gasteiger charge is -2.09. The van der Waals surface area contributed by atoms with Crippen LogP contribution >= 0.6 is 11.8 Å². The zero-order valence-corrected chi connectivity index (χ0v) is 14.2. The van der Waals surface area contributed by atoms with Crippen molar-refractivity contribution >= 4 is 11.8 Å². The van der Waals surface area contributed by atoms with Gasteiger partial charge in [0.2, 0.25) is 5.89 Å². The van der Waals surface area contributed by atoms with Gasteiger partial charge in [0.25, 0.3) is 0 Å². The summed E-state index contributed by atoms with van der Waals surface area (Å²) in [7, 11) is 1.65. The highest BCUT2D eigenvalue weighted by Gasteiger charge is 2.30. The van der Waals surface area contributed by atoms with Crippen molar-refractivity contribution in [1.29, 1.82) is 0 Å². The second-order valence-corrected chi connectivity index (χ2v) is 7.02. The predicted molar refractivity (Wildman–Crippen MR) is 88.5 cm³/mol. The minimum Gasteiger partial charge on any atom is -0.497 e. The van der Waals surface area contributed by atoms with Gasteiger partial charge in [0.15, 0.2) is 11.0 Å². The van der Waals surface area contributed by atoms with E-state index in [1.807, 2.05) is 35.8 Å². The summed E-state index contributed by atoms with van der Waals surface area (Å²) in [6, 6.07) is 7.77. The Kier molecular flexibility index (Phi) is 3.97. The largest absolute Gasteiger partial charge is 0.497 e. The minimum absolute atomic E-state index is 0.00134. The second kappa shape index (κ2) is 6.27. The molecule has 1 aliphatic rings. The maximum absolute atomic E-state index is 5.40. The molecule has 0 amide bonds. The Labute approximate surface area is 143 Å². The summed E-state index contributed by atoms with van der Waals surface area (Å²) in [5.41, 5.74) is 0.943. The number of benzene rings is 1. The SMILES string of the molecule is COc1cccc(-n2cnnc2S[C@H](C)c2nc(C3CC3)no2)c1. The number of hydrogen-bond donors (Lipinski definition) is 0. The third-order valence-corrected chi connectivity index (χ3v) is 4.92. The molecule has 0 bridgehead atoms. The third kappa shape index (κ3) is 3.01. The smallest absolute Gasteiger partial charge is 0.239 e. The van der Waals surface area contributed by atoms with E-state index in [0.29, 0.717) is 11.8 Å². The Bertz CT molecular complexity index is 842. The van der Waals surface area contributed by atoms with Crippen LogP contribution in [0.1, 0.15) is 42.6 Å². The molecule has 7 nitrogen and oxygen atoms in total. The average molecular weight is 343 g/mol. The molecule has 2 heterocycles. The van der Waals surface area contributed by atoms with Gasteiger partial charge in [-0.05, 0) is 31.9 Å². The van der Waals surface area contributed by atoms with E-state index in [2.05, 4.69) is 20.3 Å². The van der Waals surface area contributed by atoms with Crippen LogP contribution < -0.4 is 4.74 Å². The first-order valence-electron chi connectivity index (χ1n) is 7.79. The zero-order valence-electron chi connectivity index (χ0n) is 13.4. The van der Waals surface area contributed by atoms with Crippen molar-refractivity contribution in [2.45, 2.75) is 36.1 Å². The average Bonchev–Trinajstić information content (AvgIpc) is 3.16. The lowest BCUT2D eigenvalue weighted by molar-refractivity contribution is 0.374. The lowest BCUT2D eigenvalue weighted by Crippen LogP contribution is -1.98. The fourth-order valence-corrected chi connectivity index (χ4v) is 3.24. The summed E-state index contributed by atoms with van der Waals surface area (Å²) in [4.78, 5) is 4.51. The molecule has 0 N–H and O–H groups in total. The Hall–Kier alpha value is -2.35. The number of thioether (sulfide) groups is 1. The molecule has 1 fully saturated rings. The van der Waals surface area contributed by atoms with Crippen molar-refractivity contribution < 1.29 is 9.26 Å². The standard InChI is InChI=1S/C16H17N5O2S/c1-10(15-18-14(20-23-15)11-6-7-11)24-16-19-17-9-21(16)12-4-3-5-13(8-12)22-2/h3-5,8-11H,6-7H2,1-2H3/t10-/m1/s1. The third-order valence-electron chi connectivity index (χ3n) is 3.88. The summed E-state index contributed by atoms with van der Waals surface area (Å²) in [5, 5.41) is 13.1. The van der Waals surface area contributed by atoms with Crippen LogP contribution in [0.4, 0.5) is 0 Å². The molecule has 1 saturated carbocycles. The summed E-state index contributed by atoms with van der Waals surface area (Å²) >= 11 is 1.54. The second-order valence-electron chi connectivity index (χ2n) is 5.71. The maximum Gasteiger partial charge on any atom is 0.239 e. The van der Waals surface area contributed by atoms with Crippen molar-refractivity contribution in [3.05, 3.63) is 42.3 Å². The van der Waals surface area contributed by atoms with Crippen LogP contribution in [0.2, 0.25) is 0 Å². The molecule has 1 aromatic carbocycles. The van der Waals surface area contributed by atoms with Crippen molar-refractivity contribution in [3.63, 3.8) is 0 Å². The lowest BCUT2D eigenvalue weighted by atomic mass is 10.3. The fraction of sp³-hybridized carbons (Fsp3) is 0.375. The molecule has 2 aromatic heterocycles. The van der Waals surface area contributed by atoms with Gasteiger partial charge in [-0.2, -0.15) is 4.98 Å². The van der Waals surface area contributed by atoms with Gasteiger partial charge in [-0.15, -0.1) is 10.2 Å². The molecule has 0 aliphatic heterocycles. The van der Waals surface area contributed by atoms with Crippen molar-refractivity contribution in [2.24, 2.45) is 0 Å². The van der Waals surface area contributed by atoms with Crippen LogP contribution in [-0.2, 0) is 0 Å². The van der Waals surface area contributed by atoms with Gasteiger partial charge >= 0.3 is 0 Å². The Morgan fingerprint density at radius 3 is 3.04 bits per heavy atom. The van der Waals surface area contributed by atoms with Gasteiger partial charge in [0.05, 0.1) is 18.0 Å². The zero-order chi connectivity index (χ0) is 16.5. The molecule has 4 rings (SSSR count). The first-order valence-corrected chi connectivity index (χ1v) is 8.67. The van der Waals surface area contributed by atoms with E-state index in [9.17, 15) is 0 Å². The highest BCUT2D eigenvalue weighted by Crippen LogP contribution is 2.40. The number of methoxy groups -OCH3 is 1. The van der Waals surface area contributed by atoms with E-state index in [-0.39, 0.29) is 5.25 Å². The molecular weight excluding hydrogens is 326 g/mol. The van der Waals surface area contributed by atoms with Gasteiger partial charge in [-0.25, -0.2) is 0 Å². The normalized spacial score (nSPS) is 15.4. The van der Waals surface area contributed by atoms with Crippen molar-refractivity contribution in [2.75, 3.05) is 7.11 Å². The van der Waals surface area contributed by atoms with Crippen LogP contribution in [0.3, 0.4) is 0 Å². The Morgan fingerprint density at radius 1 is 1.38 bits per heavy atom. The van der Waals surface area contributed by atoms with Gasteiger partial charge in [0, 0.05) is 12.0 Å². The van der Waals surface area contributed by atoms with Crippen molar-refractivity contribution in [1.82, 2.24) is 24.9 Å². The van der Waals surface area contributed by atoms with E-state index in [1.165, 1.54) is 11.8 Å². The van der Waals surface area contributed by atoms with Crippen LogP contribution in [0.25, 0.3) is 5.69 Å². The molecule has 1 aliphatic carbocycles. The first-order chi connectivity index (χ1) is 11.7. The predicted octanol–water partition coefficient (Wildman–Crippen LogP) is 3.39. The van der Waals surface area contributed by atoms with Gasteiger partial charge in [0.1, 0.15) is 12.1 Å². The molecule has 8 heteroatoms. The number of hydrogen-bond acceptors (Lipinski definition) is 7. The van der Waals surface area contributed by atoms with Gasteiger partial charge in [-0.3, -0.25) is 4.57 Å². The van der Waals surface area contributed by atoms with Crippen molar-refractivity contribution in [3.8, 4) is 11.4 Å².